The van der Waals surface area contributed by atoms with Gasteiger partial charge in [-0.1, -0.05) is 12.1 Å². The molecule has 0 saturated carbocycles. The summed E-state index contributed by atoms with van der Waals surface area (Å²) in [5.41, 5.74) is 2.86. The summed E-state index contributed by atoms with van der Waals surface area (Å²) in [6.45, 7) is 1.67. The third-order valence-corrected chi connectivity index (χ3v) is 4.16. The van der Waals surface area contributed by atoms with E-state index in [0.29, 0.717) is 22.7 Å². The molecule has 0 aliphatic heterocycles. The summed E-state index contributed by atoms with van der Waals surface area (Å²) in [4.78, 5) is 20.3. The largest absolute Gasteiger partial charge is 0.439 e. The average molecular weight is 419 g/mol. The average Bonchev–Trinajstić information content (AvgIpc) is 2.99. The third kappa shape index (κ3) is 3.81. The van der Waals surface area contributed by atoms with E-state index in [9.17, 15) is 22.4 Å². The highest BCUT2D eigenvalue weighted by atomic mass is 19.4. The Hall–Kier alpha value is -3.89. The van der Waals surface area contributed by atoms with Crippen LogP contribution in [0.3, 0.4) is 0 Å². The summed E-state index contributed by atoms with van der Waals surface area (Å²) in [5.74, 6) is -1.63. The summed E-state index contributed by atoms with van der Waals surface area (Å²) < 4.78 is 58.6. The van der Waals surface area contributed by atoms with Gasteiger partial charge in [0.25, 0.3) is 0 Å². The predicted molar refractivity (Wildman–Crippen MR) is 101 cm³/mol. The summed E-state index contributed by atoms with van der Waals surface area (Å²) in [7, 11) is 0. The van der Waals surface area contributed by atoms with Crippen molar-refractivity contribution in [3.8, 4) is 0 Å². The van der Waals surface area contributed by atoms with Crippen molar-refractivity contribution in [3.05, 3.63) is 76.2 Å². The van der Waals surface area contributed by atoms with Crippen molar-refractivity contribution in [2.45, 2.75) is 13.1 Å². The first-order valence-electron chi connectivity index (χ1n) is 8.57. The van der Waals surface area contributed by atoms with Gasteiger partial charge in [-0.25, -0.2) is 14.2 Å². The van der Waals surface area contributed by atoms with Gasteiger partial charge in [0.15, 0.2) is 11.4 Å². The number of hydrogen-bond acceptors (Lipinski definition) is 6. The van der Waals surface area contributed by atoms with E-state index >= 15 is 0 Å². The van der Waals surface area contributed by atoms with Gasteiger partial charge in [0.2, 0.25) is 5.95 Å². The summed E-state index contributed by atoms with van der Waals surface area (Å²) in [5, 5.41) is 2.54. The maximum Gasteiger partial charge on any atom is 0.439 e. The third-order valence-electron chi connectivity index (χ3n) is 4.16. The molecule has 0 fully saturated rings. The highest BCUT2D eigenvalue weighted by molar-refractivity contribution is 5.73. The van der Waals surface area contributed by atoms with Gasteiger partial charge in [0, 0.05) is 17.4 Å². The van der Waals surface area contributed by atoms with Gasteiger partial charge >= 0.3 is 11.9 Å². The van der Waals surface area contributed by atoms with Crippen LogP contribution in [0.5, 0.6) is 0 Å². The van der Waals surface area contributed by atoms with Gasteiger partial charge < -0.3 is 9.73 Å². The molecule has 154 valence electrons. The number of nitrogens with zero attached hydrogens (tertiary/aromatic N) is 3. The molecule has 7 nitrogen and oxygen atoms in total. The first-order valence-corrected chi connectivity index (χ1v) is 8.57. The number of aromatic nitrogens is 3. The summed E-state index contributed by atoms with van der Waals surface area (Å²) in [6.07, 6.45) is -3.31. The first kappa shape index (κ1) is 19.4. The predicted octanol–water partition coefficient (Wildman–Crippen LogP) is 4.47. The van der Waals surface area contributed by atoms with Crippen molar-refractivity contribution in [1.82, 2.24) is 14.6 Å². The van der Waals surface area contributed by atoms with Crippen molar-refractivity contribution in [1.29, 1.82) is 0 Å². The van der Waals surface area contributed by atoms with Gasteiger partial charge in [-0.05, 0) is 37.3 Å². The Morgan fingerprint density at radius 2 is 1.90 bits per heavy atom. The zero-order chi connectivity index (χ0) is 21.5. The Balaban J connectivity index is 1.67. The number of rotatable bonds is 4. The number of benzene rings is 2. The summed E-state index contributed by atoms with van der Waals surface area (Å²) >= 11 is 0. The van der Waals surface area contributed by atoms with E-state index in [1.54, 1.807) is 31.2 Å². The highest BCUT2D eigenvalue weighted by Gasteiger charge is 2.31. The second-order valence-electron chi connectivity index (χ2n) is 6.36. The Kier molecular flexibility index (Phi) is 4.65. The van der Waals surface area contributed by atoms with Gasteiger partial charge in [-0.2, -0.15) is 22.8 Å². The Labute approximate surface area is 166 Å². The molecule has 2 aromatic carbocycles. The molecule has 0 aliphatic carbocycles. The Morgan fingerprint density at radius 3 is 2.67 bits per heavy atom. The van der Waals surface area contributed by atoms with E-state index in [1.165, 1.54) is 6.20 Å². The maximum absolute atomic E-state index is 13.6. The van der Waals surface area contributed by atoms with E-state index in [4.69, 9.17) is 4.42 Å². The molecule has 4 aromatic rings. The lowest BCUT2D eigenvalue weighted by Crippen LogP contribution is -2.23. The highest BCUT2D eigenvalue weighted by Crippen LogP contribution is 2.32. The molecule has 0 unspecified atom stereocenters. The van der Waals surface area contributed by atoms with E-state index in [1.807, 2.05) is 0 Å². The van der Waals surface area contributed by atoms with Gasteiger partial charge in [-0.15, -0.1) is 0 Å². The molecule has 0 spiro atoms. The number of fused-ring (bicyclic) bond motifs is 1. The number of anilines is 3. The van der Waals surface area contributed by atoms with Crippen LogP contribution in [-0.2, 0) is 6.18 Å². The lowest BCUT2D eigenvalue weighted by Gasteiger charge is -2.13. The fourth-order valence-electron chi connectivity index (χ4n) is 2.75. The lowest BCUT2D eigenvalue weighted by atomic mass is 10.2. The minimum absolute atomic E-state index is 0.0947. The van der Waals surface area contributed by atoms with Gasteiger partial charge in [0.05, 0.1) is 5.56 Å². The minimum Gasteiger partial charge on any atom is -0.406 e. The summed E-state index contributed by atoms with van der Waals surface area (Å²) in [6, 6.07) is 8.74. The monoisotopic (exact) mass is 419 g/mol. The Morgan fingerprint density at radius 1 is 1.13 bits per heavy atom. The maximum atomic E-state index is 13.6. The molecule has 0 atom stereocenters. The molecule has 0 aliphatic rings. The molecule has 4 rings (SSSR count). The minimum atomic E-state index is -4.71. The standard InChI is InChI=1S/C19H13F4N5O2/c1-10-9-24-17(25-13-7-11(19(21,22)23)6-12(20)8-13)26-16(10)27-28-14-4-2-3-5-15(14)30-18(28)29/h2-9H,1H3,(H2,24,25,26,27). The van der Waals surface area contributed by atoms with Crippen molar-refractivity contribution in [2.75, 3.05) is 10.7 Å². The van der Waals surface area contributed by atoms with Crippen LogP contribution in [0.25, 0.3) is 11.1 Å². The van der Waals surface area contributed by atoms with Gasteiger partial charge in [0.1, 0.15) is 11.3 Å². The van der Waals surface area contributed by atoms with Crippen LogP contribution >= 0.6 is 0 Å². The molecule has 2 aromatic heterocycles. The van der Waals surface area contributed by atoms with Crippen molar-refractivity contribution >= 4 is 28.6 Å². The Bertz CT molecular complexity index is 1300. The van der Waals surface area contributed by atoms with Crippen LogP contribution in [0, 0.1) is 12.7 Å². The number of nitrogens with one attached hydrogen (secondary N) is 2. The van der Waals surface area contributed by atoms with Crippen LogP contribution in [0.15, 0.2) is 57.9 Å². The van der Waals surface area contributed by atoms with Crippen LogP contribution in [0.2, 0.25) is 0 Å². The van der Waals surface area contributed by atoms with Crippen LogP contribution in [-0.4, -0.2) is 14.6 Å². The fraction of sp³-hybridized carbons (Fsp3) is 0.105. The van der Waals surface area contributed by atoms with E-state index < -0.39 is 23.3 Å². The lowest BCUT2D eigenvalue weighted by molar-refractivity contribution is -0.137. The molecule has 0 amide bonds. The number of oxazole rings is 1. The first-order chi connectivity index (χ1) is 14.2. The molecule has 2 N–H and O–H groups in total. The number of hydrogen-bond donors (Lipinski definition) is 2. The smallest absolute Gasteiger partial charge is 0.406 e. The molecular weight excluding hydrogens is 406 g/mol. The van der Waals surface area contributed by atoms with Crippen molar-refractivity contribution in [3.63, 3.8) is 0 Å². The topological polar surface area (TPSA) is 85.0 Å². The molecule has 0 saturated heterocycles. The van der Waals surface area contributed by atoms with E-state index in [2.05, 4.69) is 20.7 Å². The second kappa shape index (κ2) is 7.17. The zero-order valence-corrected chi connectivity index (χ0v) is 15.3. The molecule has 0 radical (unpaired) electrons. The molecule has 11 heteroatoms. The zero-order valence-electron chi connectivity index (χ0n) is 15.3. The number of halogens is 4. The SMILES string of the molecule is Cc1cnc(Nc2cc(F)cc(C(F)(F)F)c2)nc1Nn1c(=O)oc2ccccc21. The molecular formula is C19H13F4N5O2. The molecule has 30 heavy (non-hydrogen) atoms. The second-order valence-corrected chi connectivity index (χ2v) is 6.36. The number of para-hydroxylation sites is 2. The van der Waals surface area contributed by atoms with Crippen LogP contribution < -0.4 is 16.5 Å². The van der Waals surface area contributed by atoms with Crippen molar-refractivity contribution < 1.29 is 22.0 Å². The van der Waals surface area contributed by atoms with Gasteiger partial charge in [-0.3, -0.25) is 5.43 Å². The number of alkyl halides is 3. The van der Waals surface area contributed by atoms with Crippen LogP contribution in [0.1, 0.15) is 11.1 Å². The number of aryl methyl sites for hydroxylation is 1. The normalized spacial score (nSPS) is 11.6. The van der Waals surface area contributed by atoms with Crippen LogP contribution in [0.4, 0.5) is 35.0 Å². The van der Waals surface area contributed by atoms with E-state index in [-0.39, 0.29) is 17.5 Å². The quantitative estimate of drug-likeness (QED) is 0.475. The molecule has 0 bridgehead atoms. The molecule has 2 heterocycles. The fourth-order valence-corrected chi connectivity index (χ4v) is 2.75. The van der Waals surface area contributed by atoms with Crippen molar-refractivity contribution in [2.24, 2.45) is 0 Å². The van der Waals surface area contributed by atoms with E-state index in [0.717, 1.165) is 16.8 Å².